The van der Waals surface area contributed by atoms with Crippen LogP contribution in [-0.4, -0.2) is 96.3 Å². The largest absolute Gasteiger partial charge is 0.460 e. The lowest BCUT2D eigenvalue weighted by atomic mass is 9.94. The van der Waals surface area contributed by atoms with E-state index >= 15 is 0 Å². The monoisotopic (exact) mass is 672 g/mol. The fraction of sp³-hybridized carbons (Fsp3) is 0.513. The maximum absolute atomic E-state index is 12.9. The van der Waals surface area contributed by atoms with E-state index in [1.807, 2.05) is 60.7 Å². The van der Waals surface area contributed by atoms with E-state index in [2.05, 4.69) is 26.8 Å². The maximum Gasteiger partial charge on any atom is 0.320 e. The molecule has 264 valence electrons. The van der Waals surface area contributed by atoms with Gasteiger partial charge in [0.05, 0.1) is 12.2 Å². The fourth-order valence-electron chi connectivity index (χ4n) is 7.43. The number of anilines is 1. The molecule has 3 aromatic carbocycles. The third-order valence-electron chi connectivity index (χ3n) is 10.1. The van der Waals surface area contributed by atoms with Crippen LogP contribution in [0.1, 0.15) is 55.1 Å². The Hall–Kier alpha value is -3.35. The predicted octanol–water partition coefficient (Wildman–Crippen LogP) is 5.75. The molecular formula is C39H52N4O6. The number of esters is 1. The van der Waals surface area contributed by atoms with Crippen LogP contribution in [0.3, 0.4) is 0 Å². The Morgan fingerprint density at radius 1 is 0.735 bits per heavy atom. The molecule has 6 rings (SSSR count). The van der Waals surface area contributed by atoms with Crippen LogP contribution in [0.25, 0.3) is 0 Å². The minimum Gasteiger partial charge on any atom is -0.460 e. The summed E-state index contributed by atoms with van der Waals surface area (Å²) in [5, 5.41) is 19.0. The molecule has 3 heterocycles. The second-order valence-corrected chi connectivity index (χ2v) is 13.9. The third kappa shape index (κ3) is 11.1. The molecule has 3 fully saturated rings. The first-order chi connectivity index (χ1) is 24.0. The van der Waals surface area contributed by atoms with Gasteiger partial charge in [0.2, 0.25) is 0 Å². The van der Waals surface area contributed by atoms with Crippen LogP contribution in [0.15, 0.2) is 84.9 Å². The Morgan fingerprint density at radius 2 is 1.43 bits per heavy atom. The number of carbonyl (C=O) groups is 1. The molecule has 4 atom stereocenters. The summed E-state index contributed by atoms with van der Waals surface area (Å²) in [6.45, 7) is 8.10. The average molecular weight is 673 g/mol. The summed E-state index contributed by atoms with van der Waals surface area (Å²) >= 11 is 0. The number of nitrogens with zero attached hydrogens (tertiary/aromatic N) is 4. The smallest absolute Gasteiger partial charge is 0.320 e. The minimum atomic E-state index is -0.259. The lowest BCUT2D eigenvalue weighted by Crippen LogP contribution is -2.41. The van der Waals surface area contributed by atoms with Gasteiger partial charge in [0.25, 0.3) is 0 Å². The first-order valence-corrected chi connectivity index (χ1v) is 18.0. The zero-order valence-corrected chi connectivity index (χ0v) is 28.5. The zero-order chi connectivity index (χ0) is 33.8. The van der Waals surface area contributed by atoms with Gasteiger partial charge in [-0.3, -0.25) is 20.1 Å². The quantitative estimate of drug-likeness (QED) is 0.205. The van der Waals surface area contributed by atoms with E-state index in [0.29, 0.717) is 30.7 Å². The van der Waals surface area contributed by atoms with Gasteiger partial charge < -0.3 is 24.0 Å². The lowest BCUT2D eigenvalue weighted by Gasteiger charge is -2.38. The van der Waals surface area contributed by atoms with Gasteiger partial charge in [0, 0.05) is 44.7 Å². The number of benzene rings is 3. The van der Waals surface area contributed by atoms with Gasteiger partial charge in [-0.25, -0.2) is 0 Å². The van der Waals surface area contributed by atoms with Gasteiger partial charge in [0.15, 0.2) is 12.6 Å². The van der Waals surface area contributed by atoms with E-state index in [4.69, 9.17) is 14.2 Å². The second kappa shape index (κ2) is 18.1. The molecule has 10 heteroatoms. The van der Waals surface area contributed by atoms with Gasteiger partial charge in [-0.2, -0.15) is 0 Å². The van der Waals surface area contributed by atoms with Crippen molar-refractivity contribution in [1.29, 1.82) is 0 Å². The van der Waals surface area contributed by atoms with Gasteiger partial charge in [-0.1, -0.05) is 72.8 Å². The molecule has 0 aromatic heterocycles. The highest BCUT2D eigenvalue weighted by Crippen LogP contribution is 2.36. The summed E-state index contributed by atoms with van der Waals surface area (Å²) < 4.78 is 18.0. The van der Waals surface area contributed by atoms with Crippen molar-refractivity contribution in [2.24, 2.45) is 11.8 Å². The molecule has 3 aliphatic rings. The molecule has 10 nitrogen and oxygen atoms in total. The molecule has 0 aliphatic carbocycles. The van der Waals surface area contributed by atoms with Crippen LogP contribution in [0.5, 0.6) is 0 Å². The van der Waals surface area contributed by atoms with E-state index in [9.17, 15) is 15.2 Å². The van der Waals surface area contributed by atoms with E-state index in [1.54, 1.807) is 12.1 Å². The van der Waals surface area contributed by atoms with Crippen LogP contribution in [0, 0.1) is 11.8 Å². The maximum atomic E-state index is 12.9. The minimum absolute atomic E-state index is 0.150. The van der Waals surface area contributed by atoms with Crippen molar-refractivity contribution in [3.8, 4) is 0 Å². The highest BCUT2D eigenvalue weighted by atomic mass is 16.9. The molecule has 0 saturated carbocycles. The average Bonchev–Trinajstić information content (AvgIpc) is 3.15. The first-order valence-electron chi connectivity index (χ1n) is 18.0. The van der Waals surface area contributed by atoms with E-state index in [-0.39, 0.29) is 23.8 Å². The summed E-state index contributed by atoms with van der Waals surface area (Å²) in [6.07, 6.45) is 5.72. The molecule has 0 spiro atoms. The van der Waals surface area contributed by atoms with Crippen molar-refractivity contribution in [3.63, 3.8) is 0 Å². The van der Waals surface area contributed by atoms with E-state index < -0.39 is 0 Å². The van der Waals surface area contributed by atoms with Gasteiger partial charge in [-0.15, -0.1) is 5.23 Å². The summed E-state index contributed by atoms with van der Waals surface area (Å²) in [5.41, 5.74) is 3.61. The molecule has 0 amide bonds. The molecular weight excluding hydrogens is 620 g/mol. The van der Waals surface area contributed by atoms with Gasteiger partial charge >= 0.3 is 5.97 Å². The molecule has 0 radical (unpaired) electrons. The Bertz CT molecular complexity index is 1410. The SMILES string of the molecule is O=C(CN1CCCN2CCC(CC3OC(c4ccccc4)O3)CCCN(CC1)CC(Cc1ccc(N(O)O)cc1)C2)OCc1ccccc1. The topological polar surface area (TPSA) is 98.2 Å². The number of rotatable bonds is 10. The van der Waals surface area contributed by atoms with Crippen LogP contribution in [0.2, 0.25) is 0 Å². The standard InChI is InChI=1S/C39H52N4O6/c44-37(47-30-33-9-3-1-4-10-33)29-42-21-8-20-40-22-18-31(26-38-48-39(49-38)35-12-5-2-6-13-35)11-7-19-41(23-24-42)28-34(27-40)25-32-14-16-36(17-15-32)43(45)46/h1-6,9-10,12-17,31,34,38-39,45-46H,7-8,11,18-30H2. The van der Waals surface area contributed by atoms with Crippen molar-refractivity contribution in [2.75, 3.05) is 64.1 Å². The molecule has 2 bridgehead atoms. The van der Waals surface area contributed by atoms with Gasteiger partial charge in [-0.05, 0) is 86.8 Å². The Morgan fingerprint density at radius 3 is 2.16 bits per heavy atom. The lowest BCUT2D eigenvalue weighted by molar-refractivity contribution is -0.394. The number of carbonyl (C=O) groups excluding carboxylic acids is 1. The first kappa shape index (κ1) is 35.5. The van der Waals surface area contributed by atoms with Crippen LogP contribution in [0.4, 0.5) is 5.69 Å². The second-order valence-electron chi connectivity index (χ2n) is 13.9. The van der Waals surface area contributed by atoms with Gasteiger partial charge in [0.1, 0.15) is 6.61 Å². The Kier molecular flexibility index (Phi) is 13.1. The predicted molar refractivity (Wildman–Crippen MR) is 187 cm³/mol. The van der Waals surface area contributed by atoms with Crippen LogP contribution >= 0.6 is 0 Å². The molecule has 3 aliphatic heterocycles. The number of ether oxygens (including phenoxy) is 3. The van der Waals surface area contributed by atoms with Crippen molar-refractivity contribution < 1.29 is 29.4 Å². The summed E-state index contributed by atoms with van der Waals surface area (Å²) in [7, 11) is 0. The highest BCUT2D eigenvalue weighted by Gasteiger charge is 2.34. The van der Waals surface area contributed by atoms with Crippen LogP contribution < -0.4 is 5.23 Å². The number of hydrogen-bond acceptors (Lipinski definition) is 10. The van der Waals surface area contributed by atoms with Crippen molar-refractivity contribution >= 4 is 11.7 Å². The van der Waals surface area contributed by atoms with Crippen LogP contribution in [-0.2, 0) is 32.0 Å². The summed E-state index contributed by atoms with van der Waals surface area (Å²) in [5.74, 6) is 0.759. The number of fused-ring (bicyclic) bond motifs is 4. The molecule has 3 saturated heterocycles. The molecule has 49 heavy (non-hydrogen) atoms. The van der Waals surface area contributed by atoms with Crippen molar-refractivity contribution in [1.82, 2.24) is 14.7 Å². The zero-order valence-electron chi connectivity index (χ0n) is 28.5. The molecule has 4 unspecified atom stereocenters. The molecule has 2 N–H and O–H groups in total. The highest BCUT2D eigenvalue weighted by molar-refractivity contribution is 5.71. The number of hydrogen-bond donors (Lipinski definition) is 2. The third-order valence-corrected chi connectivity index (χ3v) is 10.1. The van der Waals surface area contributed by atoms with E-state index in [1.165, 1.54) is 5.56 Å². The van der Waals surface area contributed by atoms with Crippen molar-refractivity contribution in [2.45, 2.75) is 57.7 Å². The summed E-state index contributed by atoms with van der Waals surface area (Å²) in [4.78, 5) is 20.4. The van der Waals surface area contributed by atoms with E-state index in [0.717, 1.165) is 102 Å². The normalized spacial score (nSPS) is 27.0. The Balaban J connectivity index is 1.10. The fourth-order valence-corrected chi connectivity index (χ4v) is 7.43. The molecule has 3 aromatic rings. The Labute approximate surface area is 290 Å². The summed E-state index contributed by atoms with van der Waals surface area (Å²) in [6, 6.07) is 27.5. The van der Waals surface area contributed by atoms with Crippen molar-refractivity contribution in [3.05, 3.63) is 102 Å².